The topological polar surface area (TPSA) is 70.2 Å². The van der Waals surface area contributed by atoms with Gasteiger partial charge in [-0.1, -0.05) is 6.92 Å². The van der Waals surface area contributed by atoms with Gasteiger partial charge in [0.25, 0.3) is 10.2 Å². The molecule has 1 saturated heterocycles. The molecule has 16 heavy (non-hydrogen) atoms. The molecule has 0 aromatic rings. The minimum atomic E-state index is -3.33. The van der Waals surface area contributed by atoms with E-state index in [2.05, 4.69) is 21.7 Å². The van der Waals surface area contributed by atoms with Gasteiger partial charge in [-0.15, -0.1) is 0 Å². The molecule has 2 atom stereocenters. The summed E-state index contributed by atoms with van der Waals surface area (Å²) in [6, 6.07) is -0.0700. The fourth-order valence-electron chi connectivity index (χ4n) is 1.90. The van der Waals surface area contributed by atoms with Crippen molar-refractivity contribution in [3.05, 3.63) is 0 Å². The Morgan fingerprint density at radius 2 is 2.12 bits per heavy atom. The number of rotatable bonds is 5. The van der Waals surface area contributed by atoms with Crippen LogP contribution < -0.4 is 14.8 Å². The van der Waals surface area contributed by atoms with E-state index in [4.69, 9.17) is 0 Å². The quantitative estimate of drug-likeness (QED) is 0.645. The molecule has 2 unspecified atom stereocenters. The van der Waals surface area contributed by atoms with E-state index in [-0.39, 0.29) is 6.04 Å². The van der Waals surface area contributed by atoms with Crippen LogP contribution in [0.25, 0.3) is 0 Å². The molecule has 0 aromatic carbocycles. The molecule has 96 valence electrons. The van der Waals surface area contributed by atoms with Crippen LogP contribution in [0, 0.1) is 11.8 Å². The van der Waals surface area contributed by atoms with Crippen molar-refractivity contribution in [2.75, 3.05) is 19.6 Å². The van der Waals surface area contributed by atoms with Crippen LogP contribution in [0.15, 0.2) is 0 Å². The van der Waals surface area contributed by atoms with E-state index < -0.39 is 10.2 Å². The Morgan fingerprint density at radius 3 is 2.69 bits per heavy atom. The van der Waals surface area contributed by atoms with Crippen molar-refractivity contribution in [2.24, 2.45) is 11.8 Å². The average Bonchev–Trinajstić information content (AvgIpc) is 2.14. The normalized spacial score (nSPS) is 27.2. The van der Waals surface area contributed by atoms with Gasteiger partial charge >= 0.3 is 0 Å². The van der Waals surface area contributed by atoms with Crippen molar-refractivity contribution in [2.45, 2.75) is 33.2 Å². The first kappa shape index (κ1) is 13.9. The molecule has 5 nitrogen and oxygen atoms in total. The zero-order valence-electron chi connectivity index (χ0n) is 10.3. The molecule has 0 saturated carbocycles. The number of piperidine rings is 1. The third-order valence-electron chi connectivity index (χ3n) is 2.91. The van der Waals surface area contributed by atoms with Crippen LogP contribution >= 0.6 is 0 Å². The molecule has 3 N–H and O–H groups in total. The van der Waals surface area contributed by atoms with Crippen LogP contribution in [0.4, 0.5) is 0 Å². The van der Waals surface area contributed by atoms with Gasteiger partial charge in [-0.3, -0.25) is 0 Å². The minimum absolute atomic E-state index is 0.0700. The van der Waals surface area contributed by atoms with Crippen molar-refractivity contribution in [1.29, 1.82) is 0 Å². The molecule has 1 aliphatic heterocycles. The third kappa shape index (κ3) is 4.78. The summed E-state index contributed by atoms with van der Waals surface area (Å²) < 4.78 is 28.2. The Labute approximate surface area is 98.6 Å². The smallest absolute Gasteiger partial charge is 0.277 e. The predicted molar refractivity (Wildman–Crippen MR) is 65.3 cm³/mol. The maximum absolute atomic E-state index is 11.5. The van der Waals surface area contributed by atoms with Gasteiger partial charge in [0.15, 0.2) is 0 Å². The third-order valence-corrected chi connectivity index (χ3v) is 4.24. The van der Waals surface area contributed by atoms with Crippen LogP contribution in [0.5, 0.6) is 0 Å². The van der Waals surface area contributed by atoms with Crippen molar-refractivity contribution in [3.63, 3.8) is 0 Å². The van der Waals surface area contributed by atoms with E-state index in [0.29, 0.717) is 18.4 Å². The lowest BCUT2D eigenvalue weighted by molar-refractivity contribution is 0.275. The molecule has 0 aliphatic carbocycles. The van der Waals surface area contributed by atoms with E-state index in [1.807, 2.05) is 13.8 Å². The molecular formula is C10H23N3O2S. The summed E-state index contributed by atoms with van der Waals surface area (Å²) in [5.41, 5.74) is 0. The summed E-state index contributed by atoms with van der Waals surface area (Å²) in [5, 5.41) is 3.29. The summed E-state index contributed by atoms with van der Waals surface area (Å²) >= 11 is 0. The Morgan fingerprint density at radius 1 is 1.44 bits per heavy atom. The van der Waals surface area contributed by atoms with Crippen molar-refractivity contribution < 1.29 is 8.42 Å². The van der Waals surface area contributed by atoms with Gasteiger partial charge in [-0.05, 0) is 45.2 Å². The molecule has 6 heteroatoms. The molecule has 1 fully saturated rings. The summed E-state index contributed by atoms with van der Waals surface area (Å²) in [6.45, 7) is 8.24. The molecule has 0 aromatic heterocycles. The highest BCUT2D eigenvalue weighted by atomic mass is 32.2. The predicted octanol–water partition coefficient (Wildman–Crippen LogP) is 0.0644. The Balaban J connectivity index is 2.38. The molecule has 0 amide bonds. The monoisotopic (exact) mass is 249 g/mol. The number of hydrogen-bond donors (Lipinski definition) is 3. The lowest BCUT2D eigenvalue weighted by atomic mass is 9.88. The van der Waals surface area contributed by atoms with E-state index in [9.17, 15) is 8.42 Å². The van der Waals surface area contributed by atoms with E-state index >= 15 is 0 Å². The first-order valence-electron chi connectivity index (χ1n) is 5.88. The van der Waals surface area contributed by atoms with E-state index in [1.54, 1.807) is 0 Å². The van der Waals surface area contributed by atoms with Crippen molar-refractivity contribution >= 4 is 10.2 Å². The zero-order chi connectivity index (χ0) is 12.2. The lowest BCUT2D eigenvalue weighted by Gasteiger charge is -2.29. The highest BCUT2D eigenvalue weighted by Crippen LogP contribution is 2.17. The summed E-state index contributed by atoms with van der Waals surface area (Å²) in [4.78, 5) is 0. The first-order valence-corrected chi connectivity index (χ1v) is 7.36. The second-order valence-corrected chi connectivity index (χ2v) is 6.39. The molecule has 0 spiro atoms. The van der Waals surface area contributed by atoms with Gasteiger partial charge in [0.05, 0.1) is 0 Å². The Hall–Kier alpha value is -0.170. The average molecular weight is 249 g/mol. The molecule has 1 aliphatic rings. The first-order chi connectivity index (χ1) is 7.41. The second-order valence-electron chi connectivity index (χ2n) is 4.85. The SMILES string of the molecule is CC(C)NS(=O)(=O)NCC1CNCCC1C. The van der Waals surface area contributed by atoms with Gasteiger partial charge in [0.1, 0.15) is 0 Å². The van der Waals surface area contributed by atoms with Gasteiger partial charge in [0.2, 0.25) is 0 Å². The van der Waals surface area contributed by atoms with Crippen LogP contribution in [0.3, 0.4) is 0 Å². The summed E-state index contributed by atoms with van der Waals surface area (Å²) in [7, 11) is -3.33. The number of hydrogen-bond acceptors (Lipinski definition) is 3. The molecule has 0 bridgehead atoms. The van der Waals surface area contributed by atoms with Gasteiger partial charge < -0.3 is 5.32 Å². The van der Waals surface area contributed by atoms with E-state index in [1.165, 1.54) is 0 Å². The standard InChI is InChI=1S/C10H23N3O2S/c1-8(2)13-16(14,15)12-7-10-6-11-5-4-9(10)3/h8-13H,4-7H2,1-3H3. The van der Waals surface area contributed by atoms with Gasteiger partial charge in [-0.2, -0.15) is 13.1 Å². The zero-order valence-corrected chi connectivity index (χ0v) is 11.1. The highest BCUT2D eigenvalue weighted by Gasteiger charge is 2.22. The lowest BCUT2D eigenvalue weighted by Crippen LogP contribution is -2.46. The van der Waals surface area contributed by atoms with Crippen LogP contribution in [0.2, 0.25) is 0 Å². The fourth-order valence-corrected chi connectivity index (χ4v) is 3.03. The number of nitrogens with one attached hydrogen (secondary N) is 3. The fraction of sp³-hybridized carbons (Fsp3) is 1.00. The maximum atomic E-state index is 11.5. The molecular weight excluding hydrogens is 226 g/mol. The van der Waals surface area contributed by atoms with Crippen molar-refractivity contribution in [1.82, 2.24) is 14.8 Å². The van der Waals surface area contributed by atoms with E-state index in [0.717, 1.165) is 19.5 Å². The van der Waals surface area contributed by atoms with Crippen molar-refractivity contribution in [3.8, 4) is 0 Å². The Bertz CT molecular complexity index is 303. The summed E-state index contributed by atoms with van der Waals surface area (Å²) in [5.74, 6) is 0.959. The molecule has 0 radical (unpaired) electrons. The van der Waals surface area contributed by atoms with Crippen LogP contribution in [-0.4, -0.2) is 34.1 Å². The van der Waals surface area contributed by atoms with Crippen LogP contribution in [0.1, 0.15) is 27.2 Å². The highest BCUT2D eigenvalue weighted by molar-refractivity contribution is 7.87. The van der Waals surface area contributed by atoms with Crippen LogP contribution in [-0.2, 0) is 10.2 Å². The summed E-state index contributed by atoms with van der Waals surface area (Å²) in [6.07, 6.45) is 1.12. The maximum Gasteiger partial charge on any atom is 0.277 e. The second kappa shape index (κ2) is 5.95. The largest absolute Gasteiger partial charge is 0.316 e. The van der Waals surface area contributed by atoms with Gasteiger partial charge in [-0.25, -0.2) is 4.72 Å². The Kier molecular flexibility index (Phi) is 5.17. The van der Waals surface area contributed by atoms with Gasteiger partial charge in [0, 0.05) is 12.6 Å². The minimum Gasteiger partial charge on any atom is -0.316 e. The molecule has 1 rings (SSSR count). The molecule has 1 heterocycles.